The third-order valence-corrected chi connectivity index (χ3v) is 7.04. The van der Waals surface area contributed by atoms with E-state index in [0.29, 0.717) is 5.69 Å². The van der Waals surface area contributed by atoms with Crippen LogP contribution in [-0.4, -0.2) is 33.6 Å². The van der Waals surface area contributed by atoms with Crippen molar-refractivity contribution >= 4 is 41.5 Å². The molecular formula is C10H12BrNO4S2. The molecule has 1 aliphatic heterocycles. The number of anilines is 1. The number of sulfone groups is 1. The minimum Gasteiger partial charge on any atom is -0.283 e. The van der Waals surface area contributed by atoms with Gasteiger partial charge in [0.15, 0.2) is 9.84 Å². The van der Waals surface area contributed by atoms with E-state index < -0.39 is 25.1 Å². The van der Waals surface area contributed by atoms with Crippen LogP contribution >= 0.6 is 15.9 Å². The van der Waals surface area contributed by atoms with Crippen molar-refractivity contribution in [2.75, 3.05) is 16.2 Å². The van der Waals surface area contributed by atoms with Gasteiger partial charge in [-0.3, -0.25) is 4.72 Å². The lowest BCUT2D eigenvalue weighted by Gasteiger charge is -2.12. The molecule has 0 amide bonds. The van der Waals surface area contributed by atoms with Crippen LogP contribution in [0.15, 0.2) is 28.7 Å². The van der Waals surface area contributed by atoms with Crippen molar-refractivity contribution < 1.29 is 16.8 Å². The van der Waals surface area contributed by atoms with Crippen LogP contribution in [0.1, 0.15) is 6.42 Å². The Balaban J connectivity index is 2.15. The summed E-state index contributed by atoms with van der Waals surface area (Å²) in [5.74, 6) is -0.349. The van der Waals surface area contributed by atoms with Gasteiger partial charge in [-0.2, -0.15) is 0 Å². The van der Waals surface area contributed by atoms with Gasteiger partial charge in [0, 0.05) is 10.2 Å². The second kappa shape index (κ2) is 4.82. The maximum absolute atomic E-state index is 12.0. The first-order chi connectivity index (χ1) is 8.28. The Hall–Kier alpha value is -0.600. The Kier molecular flexibility index (Phi) is 3.70. The molecular weight excluding hydrogens is 342 g/mol. The van der Waals surface area contributed by atoms with Crippen molar-refractivity contribution in [1.29, 1.82) is 0 Å². The smallest absolute Gasteiger partial charge is 0.236 e. The molecule has 0 aromatic heterocycles. The molecule has 0 saturated carbocycles. The van der Waals surface area contributed by atoms with Gasteiger partial charge in [0.2, 0.25) is 10.0 Å². The normalized spacial score (nSPS) is 22.8. The molecule has 100 valence electrons. The number of rotatable bonds is 3. The number of sulfonamides is 1. The van der Waals surface area contributed by atoms with Gasteiger partial charge in [0.05, 0.1) is 16.8 Å². The highest BCUT2D eigenvalue weighted by molar-refractivity contribution is 9.10. The lowest BCUT2D eigenvalue weighted by molar-refractivity contribution is 0.587. The monoisotopic (exact) mass is 353 g/mol. The molecule has 0 bridgehead atoms. The third-order valence-electron chi connectivity index (χ3n) is 2.73. The predicted molar refractivity (Wildman–Crippen MR) is 73.7 cm³/mol. The van der Waals surface area contributed by atoms with Crippen LogP contribution in [0.3, 0.4) is 0 Å². The van der Waals surface area contributed by atoms with Gasteiger partial charge in [-0.05, 0) is 30.7 Å². The molecule has 1 heterocycles. The summed E-state index contributed by atoms with van der Waals surface area (Å²) in [6.07, 6.45) is 0.161. The molecule has 1 aromatic rings. The van der Waals surface area contributed by atoms with Crippen LogP contribution in [-0.2, 0) is 19.9 Å². The number of nitrogens with one attached hydrogen (secondary N) is 1. The van der Waals surface area contributed by atoms with E-state index >= 15 is 0 Å². The summed E-state index contributed by atoms with van der Waals surface area (Å²) in [5.41, 5.74) is 0.433. The fraction of sp³-hybridized carbons (Fsp3) is 0.400. The van der Waals surface area contributed by atoms with E-state index in [1.807, 2.05) is 0 Å². The third kappa shape index (κ3) is 3.24. The largest absolute Gasteiger partial charge is 0.283 e. The van der Waals surface area contributed by atoms with Crippen LogP contribution in [0.25, 0.3) is 0 Å². The average Bonchev–Trinajstić information content (AvgIpc) is 2.63. The zero-order chi connectivity index (χ0) is 13.4. The van der Waals surface area contributed by atoms with E-state index in [1.165, 1.54) is 0 Å². The Morgan fingerprint density at radius 1 is 1.22 bits per heavy atom. The quantitative estimate of drug-likeness (QED) is 0.889. The van der Waals surface area contributed by atoms with Crippen LogP contribution in [0.5, 0.6) is 0 Å². The van der Waals surface area contributed by atoms with Crippen molar-refractivity contribution in [3.63, 3.8) is 0 Å². The van der Waals surface area contributed by atoms with Gasteiger partial charge < -0.3 is 0 Å². The molecule has 0 aliphatic carbocycles. The van der Waals surface area contributed by atoms with Gasteiger partial charge in [0.1, 0.15) is 0 Å². The lowest BCUT2D eigenvalue weighted by Crippen LogP contribution is -2.28. The van der Waals surface area contributed by atoms with Crippen molar-refractivity contribution in [2.45, 2.75) is 11.7 Å². The number of halogens is 1. The zero-order valence-electron chi connectivity index (χ0n) is 9.34. The van der Waals surface area contributed by atoms with Gasteiger partial charge in [-0.1, -0.05) is 15.9 Å². The van der Waals surface area contributed by atoms with Crippen LogP contribution < -0.4 is 4.72 Å². The summed E-state index contributed by atoms with van der Waals surface area (Å²) in [6.45, 7) is 0. The zero-order valence-corrected chi connectivity index (χ0v) is 12.6. The van der Waals surface area contributed by atoms with Gasteiger partial charge in [0.25, 0.3) is 0 Å². The first kappa shape index (κ1) is 13.8. The Labute approximate surface area is 115 Å². The highest BCUT2D eigenvalue weighted by atomic mass is 79.9. The van der Waals surface area contributed by atoms with E-state index in [1.54, 1.807) is 24.3 Å². The SMILES string of the molecule is O=S1(=O)CCC(S(=O)(=O)Nc2ccc(Br)cc2)C1. The van der Waals surface area contributed by atoms with Crippen molar-refractivity contribution in [1.82, 2.24) is 0 Å². The van der Waals surface area contributed by atoms with E-state index in [4.69, 9.17) is 0 Å². The summed E-state index contributed by atoms with van der Waals surface area (Å²) in [6, 6.07) is 6.66. The molecule has 1 aromatic carbocycles. The molecule has 1 saturated heterocycles. The Morgan fingerprint density at radius 2 is 1.83 bits per heavy atom. The van der Waals surface area contributed by atoms with Gasteiger partial charge >= 0.3 is 0 Å². The van der Waals surface area contributed by atoms with Crippen LogP contribution in [0.4, 0.5) is 5.69 Å². The van der Waals surface area contributed by atoms with Crippen molar-refractivity contribution in [2.24, 2.45) is 0 Å². The molecule has 0 spiro atoms. The van der Waals surface area contributed by atoms with Gasteiger partial charge in [-0.25, -0.2) is 16.8 Å². The molecule has 5 nitrogen and oxygen atoms in total. The summed E-state index contributed by atoms with van der Waals surface area (Å²) in [7, 11) is -6.85. The molecule has 2 rings (SSSR count). The van der Waals surface area contributed by atoms with Crippen LogP contribution in [0, 0.1) is 0 Å². The second-order valence-corrected chi connectivity index (χ2v) is 9.28. The number of hydrogen-bond donors (Lipinski definition) is 1. The highest BCUT2D eigenvalue weighted by Gasteiger charge is 2.37. The fourth-order valence-electron chi connectivity index (χ4n) is 1.77. The number of benzene rings is 1. The summed E-state index contributed by atoms with van der Waals surface area (Å²) in [4.78, 5) is 0. The fourth-order valence-corrected chi connectivity index (χ4v) is 6.13. The lowest BCUT2D eigenvalue weighted by atomic mass is 10.3. The van der Waals surface area contributed by atoms with Gasteiger partial charge in [-0.15, -0.1) is 0 Å². The summed E-state index contributed by atoms with van der Waals surface area (Å²) in [5, 5.41) is -0.855. The topological polar surface area (TPSA) is 80.3 Å². The molecule has 1 aliphatic rings. The van der Waals surface area contributed by atoms with Crippen molar-refractivity contribution in [3.05, 3.63) is 28.7 Å². The average molecular weight is 354 g/mol. The maximum atomic E-state index is 12.0. The highest BCUT2D eigenvalue weighted by Crippen LogP contribution is 2.22. The van der Waals surface area contributed by atoms with E-state index in [0.717, 1.165) is 4.47 Å². The van der Waals surface area contributed by atoms with Crippen LogP contribution in [0.2, 0.25) is 0 Å². The molecule has 8 heteroatoms. The maximum Gasteiger partial charge on any atom is 0.236 e. The summed E-state index contributed by atoms with van der Waals surface area (Å²) < 4.78 is 49.8. The Morgan fingerprint density at radius 3 is 2.33 bits per heavy atom. The molecule has 0 radical (unpaired) electrons. The first-order valence-electron chi connectivity index (χ1n) is 5.26. The minimum absolute atomic E-state index is 0.0566. The first-order valence-corrected chi connectivity index (χ1v) is 9.42. The van der Waals surface area contributed by atoms with Crippen molar-refractivity contribution in [3.8, 4) is 0 Å². The molecule has 18 heavy (non-hydrogen) atoms. The minimum atomic E-state index is -3.64. The van der Waals surface area contributed by atoms with E-state index in [-0.39, 0.29) is 17.9 Å². The van der Waals surface area contributed by atoms with E-state index in [2.05, 4.69) is 20.7 Å². The molecule has 1 fully saturated rings. The predicted octanol–water partition coefficient (Wildman–Crippen LogP) is 1.38. The molecule has 1 unspecified atom stereocenters. The number of hydrogen-bond acceptors (Lipinski definition) is 4. The Bertz CT molecular complexity index is 637. The molecule has 1 N–H and O–H groups in total. The standard InChI is InChI=1S/C10H12BrNO4S2/c11-8-1-3-9(4-2-8)12-18(15,16)10-5-6-17(13,14)7-10/h1-4,10,12H,5-7H2. The van der Waals surface area contributed by atoms with E-state index in [9.17, 15) is 16.8 Å². The summed E-state index contributed by atoms with van der Waals surface area (Å²) >= 11 is 3.25. The molecule has 1 atom stereocenters. The second-order valence-electron chi connectivity index (χ2n) is 4.18.